The molecule has 0 spiro atoms. The van der Waals surface area contributed by atoms with Crippen LogP contribution in [0.2, 0.25) is 0 Å². The first-order valence-electron chi connectivity index (χ1n) is 10.5. The van der Waals surface area contributed by atoms with Crippen LogP contribution in [0.15, 0.2) is 82.6 Å². The van der Waals surface area contributed by atoms with Crippen molar-refractivity contribution in [3.8, 4) is 0 Å². The number of benzene rings is 3. The number of thiazole rings is 1. The molecule has 1 aromatic heterocycles. The molecule has 0 aliphatic rings. The molecule has 4 aromatic rings. The van der Waals surface area contributed by atoms with Gasteiger partial charge in [-0.05, 0) is 48.0 Å². The molecule has 12 heteroatoms. The normalized spacial score (nSPS) is 12.2. The van der Waals surface area contributed by atoms with Crippen LogP contribution in [0.25, 0.3) is 10.2 Å². The molecule has 0 atom stereocenters. The van der Waals surface area contributed by atoms with E-state index in [-0.39, 0.29) is 27.0 Å². The van der Waals surface area contributed by atoms with Crippen molar-refractivity contribution in [3.63, 3.8) is 0 Å². The number of anilines is 1. The summed E-state index contributed by atoms with van der Waals surface area (Å²) in [7, 11) is -7.61. The standard InChI is InChI=1S/C23H22N4O5S3/c1-2-27(15-16-6-4-3-5-7-16)35(31,32)18-10-8-17(9-11-18)22(28)26-23-25-20-13-12-19(34(24,29)30)14-21(20)33-23/h3-14H,2,15H2,1H3,(H2,24,29,30)(H,25,26,28). The van der Waals surface area contributed by atoms with Crippen molar-refractivity contribution >= 4 is 52.6 Å². The molecular formula is C23H22N4O5S3. The van der Waals surface area contributed by atoms with Gasteiger partial charge in [-0.1, -0.05) is 48.6 Å². The Hall–Kier alpha value is -3.16. The van der Waals surface area contributed by atoms with Crippen LogP contribution >= 0.6 is 11.3 Å². The van der Waals surface area contributed by atoms with Gasteiger partial charge in [0.15, 0.2) is 5.13 Å². The quantitative estimate of drug-likeness (QED) is 0.358. The van der Waals surface area contributed by atoms with Gasteiger partial charge in [0, 0.05) is 18.7 Å². The van der Waals surface area contributed by atoms with Crippen molar-refractivity contribution in [1.82, 2.24) is 9.29 Å². The van der Waals surface area contributed by atoms with Gasteiger partial charge in [0.1, 0.15) is 0 Å². The second-order valence-electron chi connectivity index (χ2n) is 7.59. The Bertz CT molecular complexity index is 1580. The van der Waals surface area contributed by atoms with E-state index in [1.165, 1.54) is 46.8 Å². The average Bonchev–Trinajstić information content (AvgIpc) is 3.24. The van der Waals surface area contributed by atoms with Gasteiger partial charge in [-0.25, -0.2) is 27.0 Å². The number of sulfonamides is 2. The van der Waals surface area contributed by atoms with Crippen molar-refractivity contribution in [1.29, 1.82) is 0 Å². The number of primary sulfonamides is 1. The first-order chi connectivity index (χ1) is 16.6. The fraction of sp³-hybridized carbons (Fsp3) is 0.130. The third kappa shape index (κ3) is 5.57. The summed E-state index contributed by atoms with van der Waals surface area (Å²) in [6, 6.07) is 19.2. The van der Waals surface area contributed by atoms with E-state index in [1.54, 1.807) is 6.92 Å². The molecule has 0 aliphatic carbocycles. The molecule has 1 amide bonds. The van der Waals surface area contributed by atoms with Crippen LogP contribution in [0.4, 0.5) is 5.13 Å². The van der Waals surface area contributed by atoms with Crippen molar-refractivity contribution in [3.05, 3.63) is 83.9 Å². The Morgan fingerprint density at radius 2 is 1.63 bits per heavy atom. The second-order valence-corrected chi connectivity index (χ2v) is 12.1. The lowest BCUT2D eigenvalue weighted by atomic mass is 10.2. The van der Waals surface area contributed by atoms with Crippen molar-refractivity contribution in [2.75, 3.05) is 11.9 Å². The molecule has 0 saturated carbocycles. The number of carbonyl (C=O) groups excluding carboxylic acids is 1. The summed E-state index contributed by atoms with van der Waals surface area (Å²) >= 11 is 1.10. The molecule has 1 heterocycles. The highest BCUT2D eigenvalue weighted by Gasteiger charge is 2.23. The van der Waals surface area contributed by atoms with Crippen LogP contribution in [-0.4, -0.2) is 38.6 Å². The largest absolute Gasteiger partial charge is 0.298 e. The highest BCUT2D eigenvalue weighted by atomic mass is 32.2. The van der Waals surface area contributed by atoms with Gasteiger partial charge in [0.25, 0.3) is 5.91 Å². The summed E-state index contributed by atoms with van der Waals surface area (Å²) in [4.78, 5) is 17.0. The Morgan fingerprint density at radius 3 is 2.26 bits per heavy atom. The lowest BCUT2D eigenvalue weighted by Crippen LogP contribution is -2.30. The lowest BCUT2D eigenvalue weighted by Gasteiger charge is -2.20. The fourth-order valence-electron chi connectivity index (χ4n) is 3.39. The maximum Gasteiger partial charge on any atom is 0.257 e. The monoisotopic (exact) mass is 530 g/mol. The van der Waals surface area contributed by atoms with Crippen molar-refractivity contribution in [2.45, 2.75) is 23.3 Å². The summed E-state index contributed by atoms with van der Waals surface area (Å²) in [6.07, 6.45) is 0. The van der Waals surface area contributed by atoms with Crippen LogP contribution in [-0.2, 0) is 26.6 Å². The zero-order chi connectivity index (χ0) is 25.2. The molecule has 0 unspecified atom stereocenters. The number of hydrogen-bond donors (Lipinski definition) is 2. The number of nitrogens with one attached hydrogen (secondary N) is 1. The van der Waals surface area contributed by atoms with Gasteiger partial charge in [-0.15, -0.1) is 0 Å². The molecule has 3 N–H and O–H groups in total. The molecule has 35 heavy (non-hydrogen) atoms. The fourth-order valence-corrected chi connectivity index (χ4v) is 6.34. The minimum atomic E-state index is -3.85. The smallest absolute Gasteiger partial charge is 0.257 e. The van der Waals surface area contributed by atoms with Gasteiger partial charge in [0.2, 0.25) is 20.0 Å². The van der Waals surface area contributed by atoms with Gasteiger partial charge in [0.05, 0.1) is 20.0 Å². The summed E-state index contributed by atoms with van der Waals surface area (Å²) in [5.74, 6) is -0.476. The maximum atomic E-state index is 13.1. The number of rotatable bonds is 8. The Morgan fingerprint density at radius 1 is 0.971 bits per heavy atom. The molecule has 4 rings (SSSR count). The van der Waals surface area contributed by atoms with Crippen LogP contribution in [0, 0.1) is 0 Å². The Labute approximate surface area is 207 Å². The van der Waals surface area contributed by atoms with Crippen LogP contribution in [0.5, 0.6) is 0 Å². The molecule has 0 aliphatic heterocycles. The SMILES string of the molecule is CCN(Cc1ccccc1)S(=O)(=O)c1ccc(C(=O)Nc2nc3ccc(S(N)(=O)=O)cc3s2)cc1. The zero-order valence-corrected chi connectivity index (χ0v) is 21.0. The molecule has 0 radical (unpaired) electrons. The molecule has 182 valence electrons. The number of nitrogens with two attached hydrogens (primary N) is 1. The number of amides is 1. The third-order valence-electron chi connectivity index (χ3n) is 5.22. The zero-order valence-electron chi connectivity index (χ0n) is 18.6. The third-order valence-corrected chi connectivity index (χ3v) is 9.00. The number of aromatic nitrogens is 1. The molecule has 0 bridgehead atoms. The number of nitrogens with zero attached hydrogens (tertiary/aromatic N) is 2. The van der Waals surface area contributed by atoms with Crippen molar-refractivity contribution in [2.24, 2.45) is 5.14 Å². The Kier molecular flexibility index (Phi) is 7.01. The van der Waals surface area contributed by atoms with Gasteiger partial charge < -0.3 is 0 Å². The number of carbonyl (C=O) groups is 1. The highest BCUT2D eigenvalue weighted by molar-refractivity contribution is 7.89. The highest BCUT2D eigenvalue weighted by Crippen LogP contribution is 2.28. The van der Waals surface area contributed by atoms with Gasteiger partial charge >= 0.3 is 0 Å². The van der Waals surface area contributed by atoms with Crippen molar-refractivity contribution < 1.29 is 21.6 Å². The molecule has 0 fully saturated rings. The lowest BCUT2D eigenvalue weighted by molar-refractivity contribution is 0.102. The van der Waals surface area contributed by atoms with Crippen LogP contribution < -0.4 is 10.5 Å². The molecule has 3 aromatic carbocycles. The Balaban J connectivity index is 1.50. The predicted octanol–water partition coefficient (Wildman–Crippen LogP) is 3.41. The van der Waals surface area contributed by atoms with Crippen LogP contribution in [0.3, 0.4) is 0 Å². The molecular weight excluding hydrogens is 508 g/mol. The van der Waals surface area contributed by atoms with Crippen LogP contribution in [0.1, 0.15) is 22.8 Å². The number of fused-ring (bicyclic) bond motifs is 1. The first-order valence-corrected chi connectivity index (χ1v) is 14.3. The van der Waals surface area contributed by atoms with E-state index in [0.29, 0.717) is 16.8 Å². The van der Waals surface area contributed by atoms with Gasteiger partial charge in [-0.3, -0.25) is 10.1 Å². The van der Waals surface area contributed by atoms with E-state index in [9.17, 15) is 21.6 Å². The van der Waals surface area contributed by atoms with E-state index >= 15 is 0 Å². The summed E-state index contributed by atoms with van der Waals surface area (Å²) in [5, 5.41) is 8.09. The first kappa shape index (κ1) is 24.9. The summed E-state index contributed by atoms with van der Waals surface area (Å²) in [5.41, 5.74) is 1.64. The van der Waals surface area contributed by atoms with E-state index in [1.807, 2.05) is 30.3 Å². The topological polar surface area (TPSA) is 140 Å². The van der Waals surface area contributed by atoms with E-state index in [0.717, 1.165) is 16.9 Å². The molecule has 0 saturated heterocycles. The summed E-state index contributed by atoms with van der Waals surface area (Å²) < 4.78 is 51.2. The minimum Gasteiger partial charge on any atom is -0.298 e. The predicted molar refractivity (Wildman–Crippen MR) is 135 cm³/mol. The minimum absolute atomic E-state index is 0.0447. The molecule has 9 nitrogen and oxygen atoms in total. The summed E-state index contributed by atoms with van der Waals surface area (Å²) in [6.45, 7) is 2.31. The number of hydrogen-bond acceptors (Lipinski definition) is 7. The maximum absolute atomic E-state index is 13.1. The average molecular weight is 531 g/mol. The van der Waals surface area contributed by atoms with E-state index in [4.69, 9.17) is 5.14 Å². The van der Waals surface area contributed by atoms with E-state index in [2.05, 4.69) is 10.3 Å². The second kappa shape index (κ2) is 9.84. The van der Waals surface area contributed by atoms with E-state index < -0.39 is 26.0 Å². The van der Waals surface area contributed by atoms with Gasteiger partial charge in [-0.2, -0.15) is 4.31 Å².